The summed E-state index contributed by atoms with van der Waals surface area (Å²) in [5, 5.41) is 8.97. The maximum absolute atomic E-state index is 8.97. The number of hydrogen-bond donors (Lipinski definition) is 1. The number of aromatic nitrogens is 1. The van der Waals surface area contributed by atoms with Gasteiger partial charge in [-0.1, -0.05) is 18.2 Å². The first-order valence-electron chi connectivity index (χ1n) is 4.42. The Balaban J connectivity index is 2.41. The Hall–Kier alpha value is -1.61. The van der Waals surface area contributed by atoms with Crippen molar-refractivity contribution < 1.29 is 9.52 Å². The highest BCUT2D eigenvalue weighted by Gasteiger charge is 2.03. The van der Waals surface area contributed by atoms with Crippen molar-refractivity contribution in [2.45, 2.75) is 13.5 Å². The first-order valence-corrected chi connectivity index (χ1v) is 4.42. The fourth-order valence-corrected chi connectivity index (χ4v) is 1.33. The van der Waals surface area contributed by atoms with E-state index in [1.54, 1.807) is 13.2 Å². The van der Waals surface area contributed by atoms with Gasteiger partial charge in [-0.3, -0.25) is 0 Å². The topological polar surface area (TPSA) is 46.3 Å². The zero-order chi connectivity index (χ0) is 9.97. The van der Waals surface area contributed by atoms with Crippen molar-refractivity contribution in [2.24, 2.45) is 0 Å². The van der Waals surface area contributed by atoms with Gasteiger partial charge in [-0.15, -0.1) is 0 Å². The van der Waals surface area contributed by atoms with Gasteiger partial charge in [-0.2, -0.15) is 0 Å². The molecule has 0 spiro atoms. The summed E-state index contributed by atoms with van der Waals surface area (Å²) >= 11 is 0. The molecule has 0 aliphatic carbocycles. The lowest BCUT2D eigenvalue weighted by molar-refractivity contribution is 0.282. The molecule has 0 fully saturated rings. The van der Waals surface area contributed by atoms with Crippen LogP contribution < -0.4 is 0 Å². The Morgan fingerprint density at radius 1 is 1.43 bits per heavy atom. The Morgan fingerprint density at radius 2 is 2.29 bits per heavy atom. The second kappa shape index (κ2) is 3.64. The Kier molecular flexibility index (Phi) is 2.33. The summed E-state index contributed by atoms with van der Waals surface area (Å²) in [5.41, 5.74) is 2.65. The average molecular weight is 189 g/mol. The number of rotatable bonds is 2. The highest BCUT2D eigenvalue weighted by Crippen LogP contribution is 2.19. The molecule has 0 saturated heterocycles. The van der Waals surface area contributed by atoms with Crippen LogP contribution in [0.15, 0.2) is 34.9 Å². The number of aliphatic hydroxyl groups is 1. The molecule has 0 aliphatic rings. The van der Waals surface area contributed by atoms with Crippen molar-refractivity contribution in [2.75, 3.05) is 0 Å². The highest BCUT2D eigenvalue weighted by molar-refractivity contribution is 5.58. The average Bonchev–Trinajstić information content (AvgIpc) is 2.65. The van der Waals surface area contributed by atoms with E-state index in [2.05, 4.69) is 4.98 Å². The largest absolute Gasteiger partial charge is 0.449 e. The SMILES string of the molecule is Cc1nc(-c2cccc(CO)c2)co1. The van der Waals surface area contributed by atoms with Crippen molar-refractivity contribution in [3.8, 4) is 11.3 Å². The number of aliphatic hydroxyl groups excluding tert-OH is 1. The maximum Gasteiger partial charge on any atom is 0.191 e. The van der Waals surface area contributed by atoms with Gasteiger partial charge in [0.25, 0.3) is 0 Å². The first kappa shape index (κ1) is 8.97. The summed E-state index contributed by atoms with van der Waals surface area (Å²) in [6.07, 6.45) is 1.62. The van der Waals surface area contributed by atoms with Crippen molar-refractivity contribution >= 4 is 0 Å². The van der Waals surface area contributed by atoms with E-state index in [9.17, 15) is 0 Å². The monoisotopic (exact) mass is 189 g/mol. The zero-order valence-electron chi connectivity index (χ0n) is 7.90. The second-order valence-electron chi connectivity index (χ2n) is 3.11. The summed E-state index contributed by atoms with van der Waals surface area (Å²) in [4.78, 5) is 4.21. The number of benzene rings is 1. The minimum absolute atomic E-state index is 0.0463. The molecule has 2 rings (SSSR count). The molecule has 0 radical (unpaired) electrons. The van der Waals surface area contributed by atoms with Crippen LogP contribution in [-0.2, 0) is 6.61 Å². The summed E-state index contributed by atoms with van der Waals surface area (Å²) in [6, 6.07) is 7.61. The van der Waals surface area contributed by atoms with Gasteiger partial charge in [0.05, 0.1) is 6.61 Å². The van der Waals surface area contributed by atoms with Gasteiger partial charge in [0, 0.05) is 12.5 Å². The smallest absolute Gasteiger partial charge is 0.191 e. The molecule has 0 aliphatic heterocycles. The third-order valence-electron chi connectivity index (χ3n) is 2.02. The number of nitrogens with zero attached hydrogens (tertiary/aromatic N) is 1. The van der Waals surface area contributed by atoms with Gasteiger partial charge in [0.1, 0.15) is 12.0 Å². The normalized spacial score (nSPS) is 10.4. The quantitative estimate of drug-likeness (QED) is 0.787. The Bertz CT molecular complexity index is 434. The van der Waals surface area contributed by atoms with Gasteiger partial charge >= 0.3 is 0 Å². The fourth-order valence-electron chi connectivity index (χ4n) is 1.33. The van der Waals surface area contributed by atoms with Crippen LogP contribution >= 0.6 is 0 Å². The third kappa shape index (κ3) is 1.67. The zero-order valence-corrected chi connectivity index (χ0v) is 7.90. The van der Waals surface area contributed by atoms with Crippen LogP contribution in [0.2, 0.25) is 0 Å². The molecular weight excluding hydrogens is 178 g/mol. The van der Waals surface area contributed by atoms with E-state index in [-0.39, 0.29) is 6.61 Å². The van der Waals surface area contributed by atoms with Gasteiger partial charge in [-0.25, -0.2) is 4.98 Å². The number of aryl methyl sites for hydroxylation is 1. The number of hydrogen-bond acceptors (Lipinski definition) is 3. The van der Waals surface area contributed by atoms with E-state index in [0.717, 1.165) is 16.8 Å². The first-order chi connectivity index (χ1) is 6.79. The highest BCUT2D eigenvalue weighted by atomic mass is 16.3. The summed E-state index contributed by atoms with van der Waals surface area (Å²) in [5.74, 6) is 0.648. The second-order valence-corrected chi connectivity index (χ2v) is 3.11. The molecule has 0 amide bonds. The van der Waals surface area contributed by atoms with Gasteiger partial charge in [0.15, 0.2) is 5.89 Å². The van der Waals surface area contributed by atoms with Crippen LogP contribution in [0.4, 0.5) is 0 Å². The number of oxazole rings is 1. The molecule has 14 heavy (non-hydrogen) atoms. The molecule has 0 atom stereocenters. The van der Waals surface area contributed by atoms with Crippen molar-refractivity contribution in [1.29, 1.82) is 0 Å². The molecule has 1 aromatic heterocycles. The molecule has 1 heterocycles. The minimum atomic E-state index is 0.0463. The van der Waals surface area contributed by atoms with E-state index >= 15 is 0 Å². The molecule has 3 nitrogen and oxygen atoms in total. The van der Waals surface area contributed by atoms with Crippen molar-refractivity contribution in [3.05, 3.63) is 42.0 Å². The van der Waals surface area contributed by atoms with Gasteiger partial charge in [0.2, 0.25) is 0 Å². The molecule has 2 aromatic rings. The predicted molar refractivity (Wildman–Crippen MR) is 52.6 cm³/mol. The third-order valence-corrected chi connectivity index (χ3v) is 2.02. The lowest BCUT2D eigenvalue weighted by Gasteiger charge is -1.98. The molecule has 0 saturated carbocycles. The van der Waals surface area contributed by atoms with Crippen LogP contribution in [0.5, 0.6) is 0 Å². The summed E-state index contributed by atoms with van der Waals surface area (Å²) in [6.45, 7) is 1.85. The molecular formula is C11H11NO2. The summed E-state index contributed by atoms with van der Waals surface area (Å²) < 4.78 is 5.12. The molecule has 72 valence electrons. The minimum Gasteiger partial charge on any atom is -0.449 e. The van der Waals surface area contributed by atoms with E-state index < -0.39 is 0 Å². The van der Waals surface area contributed by atoms with Crippen LogP contribution in [0.25, 0.3) is 11.3 Å². The van der Waals surface area contributed by atoms with Crippen LogP contribution in [0, 0.1) is 6.92 Å². The van der Waals surface area contributed by atoms with Crippen LogP contribution in [0.3, 0.4) is 0 Å². The van der Waals surface area contributed by atoms with E-state index in [1.165, 1.54) is 0 Å². The molecule has 3 heteroatoms. The summed E-state index contributed by atoms with van der Waals surface area (Å²) in [7, 11) is 0. The predicted octanol–water partition coefficient (Wildman–Crippen LogP) is 2.14. The van der Waals surface area contributed by atoms with E-state index in [0.29, 0.717) is 5.89 Å². The Labute approximate surface area is 82.0 Å². The van der Waals surface area contributed by atoms with Crippen molar-refractivity contribution in [1.82, 2.24) is 4.98 Å². The standard InChI is InChI=1S/C11H11NO2/c1-8-12-11(7-14-8)10-4-2-3-9(5-10)6-13/h2-5,7,13H,6H2,1H3. The molecule has 0 bridgehead atoms. The lowest BCUT2D eigenvalue weighted by Crippen LogP contribution is -1.84. The Morgan fingerprint density at radius 3 is 2.93 bits per heavy atom. The molecule has 1 aromatic carbocycles. The van der Waals surface area contributed by atoms with Gasteiger partial charge in [-0.05, 0) is 11.6 Å². The maximum atomic E-state index is 8.97. The van der Waals surface area contributed by atoms with Gasteiger partial charge < -0.3 is 9.52 Å². The van der Waals surface area contributed by atoms with Crippen LogP contribution in [0.1, 0.15) is 11.5 Å². The molecule has 0 unspecified atom stereocenters. The fraction of sp³-hybridized carbons (Fsp3) is 0.182. The van der Waals surface area contributed by atoms with Crippen LogP contribution in [-0.4, -0.2) is 10.1 Å². The van der Waals surface area contributed by atoms with Crippen molar-refractivity contribution in [3.63, 3.8) is 0 Å². The van der Waals surface area contributed by atoms with E-state index in [4.69, 9.17) is 9.52 Å². The lowest BCUT2D eigenvalue weighted by atomic mass is 10.1. The van der Waals surface area contributed by atoms with E-state index in [1.807, 2.05) is 24.3 Å². The molecule has 1 N–H and O–H groups in total.